The summed E-state index contributed by atoms with van der Waals surface area (Å²) in [6, 6.07) is -9.90. The molecule has 0 saturated carbocycles. The molecule has 0 aromatic heterocycles. The summed E-state index contributed by atoms with van der Waals surface area (Å²) < 4.78 is 137. The lowest BCUT2D eigenvalue weighted by molar-refractivity contribution is -0.400. The first-order valence-electron chi connectivity index (χ1n) is 47.0. The number of nitrogens with one attached hydrogen (secondary N) is 5. The van der Waals surface area contributed by atoms with Gasteiger partial charge in [0, 0.05) is 34.6 Å². The molecule has 12 saturated heterocycles. The van der Waals surface area contributed by atoms with E-state index < -0.39 is 470 Å². The topological polar surface area (TPSA) is 1010 Å². The second-order valence-electron chi connectivity index (χ2n) is 37.3. The van der Waals surface area contributed by atoms with Crippen molar-refractivity contribution in [2.24, 2.45) is 0 Å². The van der Waals surface area contributed by atoms with Crippen LogP contribution in [0.15, 0.2) is 0 Å². The molecule has 5 amide bonds. The van der Waals surface area contributed by atoms with Gasteiger partial charge in [0.15, 0.2) is 75.5 Å². The molecule has 12 rings (SSSR count). The van der Waals surface area contributed by atoms with E-state index in [4.69, 9.17) is 109 Å². The number of hydrogen-bond donors (Lipinski definition) is 37. The van der Waals surface area contributed by atoms with Crippen LogP contribution in [0.2, 0.25) is 0 Å². The fraction of sp³-hybridized carbons (Fsp3) is 0.939. The van der Waals surface area contributed by atoms with E-state index in [0.29, 0.717) is 0 Å². The van der Waals surface area contributed by atoms with E-state index in [1.807, 2.05) is 0 Å². The van der Waals surface area contributed by atoms with Gasteiger partial charge in [-0.15, -0.1) is 0 Å². The highest BCUT2D eigenvalue weighted by Crippen LogP contribution is 2.43. The Morgan fingerprint density at radius 2 is 0.415 bits per heavy atom. The summed E-state index contributed by atoms with van der Waals surface area (Å²) in [6.45, 7) is -6.79. The summed E-state index contributed by atoms with van der Waals surface area (Å²) in [5.74, 6) is -4.89. The minimum atomic E-state index is -2.71. The molecule has 0 unspecified atom stereocenters. The molecule has 65 heteroatoms. The minimum Gasteiger partial charge on any atom is -0.394 e. The van der Waals surface area contributed by atoms with E-state index in [0.717, 1.165) is 34.6 Å². The van der Waals surface area contributed by atoms with Crippen molar-refractivity contribution in [2.75, 3.05) is 72.7 Å². The van der Waals surface area contributed by atoms with Crippen molar-refractivity contribution in [1.82, 2.24) is 26.6 Å². The van der Waals surface area contributed by atoms with Gasteiger partial charge in [-0.25, -0.2) is 0 Å². The van der Waals surface area contributed by atoms with Crippen LogP contribution in [0.5, 0.6) is 0 Å². The highest BCUT2D eigenvalue weighted by atomic mass is 16.8. The predicted molar refractivity (Wildman–Crippen MR) is 452 cm³/mol. The maximum Gasteiger partial charge on any atom is 0.217 e. The van der Waals surface area contributed by atoms with Gasteiger partial charge in [-0.1, -0.05) is 0 Å². The van der Waals surface area contributed by atoms with E-state index in [1.165, 1.54) is 6.92 Å². The SMILES string of the molecule is CC(=O)N[C@@H]1[C@H](O[C@@H]2[C@@H](O[C@@H]3[C@H](O)[C@H](O[C@H]4[C@H](O)[C@@H](NC(C)=O)[C@H](O[C@H]5[C@H](O)[C@@H](NC(C)=O)[C@H](O)O[C@@H]5CO[C@@H]5O[C@@H](C)[C@@H](O)[C@@H](O)[C@@H]5O)O[C@@H]4CO)O[C@H](CO[C@H]4O[C@H](CO)[C@@H](O)[C@H](O)[C@@H]4O[C@@H]4O[C@H](CO)[C@@H](O[C@@H]5O[C@H](CO)[C@H](O)[C@H](O)[C@H]5O)[C@H](O)[C@H]4NC(C)=O)[C@H]3O)O[C@H](CO)[C@@H](O)[C@@H]2O)O[C@H](CO)[C@@H](O[C@@H]2O[C@H](CO)[C@H](O)[C@H](O[C@@H]3O[C@H](CO)[C@@H](O[C@@H]4O[C@H](CO)[C@H](O)[C@H](O)[C@H]4O)[C@H](O)[C@H]3NC(C)=O)[C@H]2O)[C@@H]1O. The molecule has 60 atom stereocenters. The van der Waals surface area contributed by atoms with Gasteiger partial charge in [-0.2, -0.15) is 0 Å². The van der Waals surface area contributed by atoms with Gasteiger partial charge < -0.3 is 299 Å². The van der Waals surface area contributed by atoms with Crippen LogP contribution >= 0.6 is 0 Å². The monoisotopic (exact) mass is 2150 g/mol. The largest absolute Gasteiger partial charge is 0.394 e. The van der Waals surface area contributed by atoms with Crippen molar-refractivity contribution in [3.05, 3.63) is 0 Å². The molecule has 0 spiro atoms. The average Bonchev–Trinajstić information content (AvgIpc) is 0.763. The Morgan fingerprint density at radius 1 is 0.190 bits per heavy atom. The van der Waals surface area contributed by atoms with E-state index in [9.17, 15) is 187 Å². The molecule has 12 aliphatic heterocycles. The molecule has 0 aliphatic carbocycles. The number of ether oxygens (including phenoxy) is 23. The number of hydrogen-bond acceptors (Lipinski definition) is 60. The van der Waals surface area contributed by atoms with Gasteiger partial charge in [-0.05, 0) is 6.92 Å². The van der Waals surface area contributed by atoms with Crippen LogP contribution in [0, 0.1) is 0 Å². The smallest absolute Gasteiger partial charge is 0.217 e. The molecule has 12 fully saturated rings. The molecule has 0 aromatic carbocycles. The Hall–Kier alpha value is -4.85. The number of amides is 5. The molecule has 0 bridgehead atoms. The third-order valence-corrected chi connectivity index (χ3v) is 27.0. The van der Waals surface area contributed by atoms with Crippen LogP contribution in [0.25, 0.3) is 0 Å². The molecule has 12 heterocycles. The van der Waals surface area contributed by atoms with Crippen LogP contribution in [-0.4, -0.2) is 634 Å². The quantitative estimate of drug-likeness (QED) is 0.0273. The number of carbonyl (C=O) groups excluding carboxylic acids is 5. The molecule has 37 N–H and O–H groups in total. The van der Waals surface area contributed by atoms with E-state index in [2.05, 4.69) is 26.6 Å². The van der Waals surface area contributed by atoms with Crippen LogP contribution < -0.4 is 26.6 Å². The van der Waals surface area contributed by atoms with Crippen molar-refractivity contribution in [1.29, 1.82) is 0 Å². The van der Waals surface area contributed by atoms with Gasteiger partial charge >= 0.3 is 0 Å². The fourth-order valence-corrected chi connectivity index (χ4v) is 19.2. The molecule has 12 aliphatic rings. The van der Waals surface area contributed by atoms with Gasteiger partial charge in [-0.3, -0.25) is 24.0 Å². The Bertz CT molecular complexity index is 4110. The van der Waals surface area contributed by atoms with Gasteiger partial charge in [0.2, 0.25) is 29.5 Å². The summed E-state index contributed by atoms with van der Waals surface area (Å²) in [7, 11) is 0. The van der Waals surface area contributed by atoms with Gasteiger partial charge in [0.25, 0.3) is 0 Å². The third kappa shape index (κ3) is 26.8. The van der Waals surface area contributed by atoms with E-state index in [-0.39, 0.29) is 0 Å². The number of aliphatic hydroxyl groups excluding tert-OH is 32. The Morgan fingerprint density at radius 3 is 0.762 bits per heavy atom. The number of aliphatic hydroxyl groups is 32. The van der Waals surface area contributed by atoms with E-state index in [1.54, 1.807) is 0 Å². The second-order valence-corrected chi connectivity index (χ2v) is 37.3. The molecule has 65 nitrogen and oxygen atoms in total. The van der Waals surface area contributed by atoms with Crippen LogP contribution in [0.1, 0.15) is 41.5 Å². The lowest BCUT2D eigenvalue weighted by atomic mass is 9.93. The van der Waals surface area contributed by atoms with Crippen molar-refractivity contribution in [3.8, 4) is 0 Å². The Kier molecular flexibility index (Phi) is 43.4. The maximum absolute atomic E-state index is 13.4. The molecule has 0 radical (unpaired) electrons. The lowest BCUT2D eigenvalue weighted by Gasteiger charge is -2.51. The zero-order valence-electron chi connectivity index (χ0n) is 79.2. The normalized spacial score (nSPS) is 49.6. The zero-order valence-corrected chi connectivity index (χ0v) is 79.2. The summed E-state index contributed by atoms with van der Waals surface area (Å²) in [5.41, 5.74) is 0. The van der Waals surface area contributed by atoms with E-state index >= 15 is 0 Å². The molecule has 0 aromatic rings. The van der Waals surface area contributed by atoms with Crippen molar-refractivity contribution in [3.63, 3.8) is 0 Å². The summed E-state index contributed by atoms with van der Waals surface area (Å²) in [6.07, 6.45) is -117. The van der Waals surface area contributed by atoms with Crippen molar-refractivity contribution >= 4 is 29.5 Å². The Balaban J connectivity index is 0.850. The lowest BCUT2D eigenvalue weighted by Crippen LogP contribution is -2.71. The molecular weight excluding hydrogens is 2010 g/mol. The first-order valence-corrected chi connectivity index (χ1v) is 47.0. The first-order chi connectivity index (χ1) is 69.5. The summed E-state index contributed by atoms with van der Waals surface area (Å²) in [5, 5.41) is 373. The fourth-order valence-electron chi connectivity index (χ4n) is 19.2. The van der Waals surface area contributed by atoms with Crippen LogP contribution in [-0.2, 0) is 133 Å². The van der Waals surface area contributed by atoms with Gasteiger partial charge in [0.1, 0.15) is 287 Å². The van der Waals surface area contributed by atoms with Crippen LogP contribution in [0.3, 0.4) is 0 Å². The van der Waals surface area contributed by atoms with Gasteiger partial charge in [0.05, 0.1) is 78.8 Å². The number of rotatable bonds is 38. The predicted octanol–water partition coefficient (Wildman–Crippen LogP) is -25.4. The summed E-state index contributed by atoms with van der Waals surface area (Å²) >= 11 is 0. The van der Waals surface area contributed by atoms with Crippen molar-refractivity contribution < 1.29 is 296 Å². The maximum atomic E-state index is 13.4. The minimum absolute atomic E-state index is 0.862. The highest BCUT2D eigenvalue weighted by Gasteiger charge is 2.64. The van der Waals surface area contributed by atoms with Crippen molar-refractivity contribution in [2.45, 2.75) is 410 Å². The first kappa shape index (κ1) is 121. The standard InChI is InChI=1S/C82H137N5O60/c1-18-40(102)52(114)57(119)76(127-18)125-17-34-66(47(109)35(71(124)128-34)83-19(2)97)139-72-36(84-20(3)98)48(110)65(31(14-95)134-72)143-80-61(123)68(46(108)33(138-80)16-126-81-69(55(117)43(105)26(9-90)132-81)146-74-38(86-22(5)100)50(112)63(30(13-94)136-74)141-78-59(121)54(116)42(104)25(8-89)130-78)145-82-70(56(118)44(106)27(10-91)133-82)147-75-39(87-23(6)101)51(113)64(32(15-96)137-75)142-79-60(122)67(45(107)28(11-92)131-79)144-73-37(85-21(4)99)49(111)62(29(12-93)135-73)140-77-58(120)53(115)41(103)24(7-88)129-77/h18,24-82,88-96,102-124H,7-17H2,1-6H3,(H,83,97)(H,84,98)(H,85,99)(H,86,100)(H,87,101)/t18-,24+,25+,26+,27+,28+,29+,30+,31+,32+,33+,34+,35+,36+,37+,38+,39-,40+,41-,42-,43+,44+,45-,46+,47+,48+,49+,50+,51+,52+,53-,54-,55-,56-,57-,58+,59+,60+,61-,62+,63+,64+,65+,66+,67-,68-,69-,70-,71+,72-,73-,74-,75-,76+,77-,78-,79-,80-,81-,82+/m0/s1. The Labute approximate surface area is 832 Å². The molecule has 850 valence electrons. The van der Waals surface area contributed by atoms with Crippen LogP contribution in [0.4, 0.5) is 0 Å². The third-order valence-electron chi connectivity index (χ3n) is 27.0. The number of carbonyl (C=O) groups is 5. The summed E-state index contributed by atoms with van der Waals surface area (Å²) in [4.78, 5) is 65.2. The molecular formula is C82H137N5O60. The zero-order chi connectivity index (χ0) is 108. The second kappa shape index (κ2) is 52.8. The average molecular weight is 2150 g/mol. The highest BCUT2D eigenvalue weighted by molar-refractivity contribution is 5.75. The molecule has 147 heavy (non-hydrogen) atoms.